The number of ketones is 1. The van der Waals surface area contributed by atoms with Gasteiger partial charge in [0.05, 0.1) is 9.92 Å². The van der Waals surface area contributed by atoms with Crippen molar-refractivity contribution >= 4 is 38.3 Å². The molecule has 0 spiro atoms. The molecule has 4 aromatic rings. The molecular weight excluding hydrogens is 450 g/mol. The van der Waals surface area contributed by atoms with Crippen LogP contribution in [0, 0.1) is 13.8 Å². The van der Waals surface area contributed by atoms with Gasteiger partial charge in [0.2, 0.25) is 15.8 Å². The molecule has 0 saturated heterocycles. The zero-order valence-electron chi connectivity index (χ0n) is 17.4. The van der Waals surface area contributed by atoms with Crippen molar-refractivity contribution in [1.82, 2.24) is 9.55 Å². The van der Waals surface area contributed by atoms with E-state index < -0.39 is 10.0 Å². The van der Waals surface area contributed by atoms with Crippen LogP contribution in [0.2, 0.25) is 5.02 Å². The molecule has 0 aliphatic carbocycles. The Morgan fingerprint density at radius 1 is 1.12 bits per heavy atom. The first-order valence-corrected chi connectivity index (χ1v) is 11.6. The summed E-state index contributed by atoms with van der Waals surface area (Å²) in [4.78, 5) is 17.3. The molecule has 0 radical (unpaired) electrons. The van der Waals surface area contributed by atoms with Gasteiger partial charge in [-0.05, 0) is 68.4 Å². The van der Waals surface area contributed by atoms with Crippen LogP contribution < -0.4 is 9.88 Å². The Kier molecular flexibility index (Phi) is 5.77. The highest BCUT2D eigenvalue weighted by Gasteiger charge is 2.18. The standard InChI is InChI=1S/C23H20ClN3O4S/c1-14-12-19(15(2)27(14)16-5-7-17(8-6-16)32(25,29)30)21(28)13-31-22-10-9-20(24)18-4-3-11-26-23(18)22/h3-12H,13H2,1-2H3,(H2,25,29,30). The summed E-state index contributed by atoms with van der Waals surface area (Å²) in [5.41, 5.74) is 3.38. The fourth-order valence-corrected chi connectivity index (χ4v) is 4.41. The van der Waals surface area contributed by atoms with E-state index in [4.69, 9.17) is 21.5 Å². The number of pyridine rings is 1. The van der Waals surface area contributed by atoms with Gasteiger partial charge in [0, 0.05) is 34.2 Å². The van der Waals surface area contributed by atoms with Gasteiger partial charge < -0.3 is 9.30 Å². The molecule has 2 aromatic heterocycles. The average molecular weight is 470 g/mol. The highest BCUT2D eigenvalue weighted by molar-refractivity contribution is 7.89. The number of nitrogens with two attached hydrogens (primary N) is 1. The van der Waals surface area contributed by atoms with E-state index in [1.165, 1.54) is 12.1 Å². The molecule has 2 heterocycles. The third-order valence-electron chi connectivity index (χ3n) is 5.19. The van der Waals surface area contributed by atoms with E-state index in [1.54, 1.807) is 42.6 Å². The van der Waals surface area contributed by atoms with Crippen LogP contribution in [-0.2, 0) is 10.0 Å². The van der Waals surface area contributed by atoms with E-state index in [9.17, 15) is 13.2 Å². The molecule has 9 heteroatoms. The van der Waals surface area contributed by atoms with Crippen LogP contribution in [0.15, 0.2) is 65.7 Å². The zero-order chi connectivity index (χ0) is 23.0. The topological polar surface area (TPSA) is 104 Å². The molecule has 0 atom stereocenters. The van der Waals surface area contributed by atoms with Crippen molar-refractivity contribution in [3.8, 4) is 11.4 Å². The number of carbonyl (C=O) groups is 1. The maximum atomic E-state index is 12.9. The predicted octanol–water partition coefficient (Wildman–Crippen LogP) is 4.20. The first kappa shape index (κ1) is 22.0. The number of hydrogen-bond acceptors (Lipinski definition) is 5. The maximum Gasteiger partial charge on any atom is 0.238 e. The van der Waals surface area contributed by atoms with Crippen LogP contribution in [0.4, 0.5) is 0 Å². The lowest BCUT2D eigenvalue weighted by atomic mass is 10.1. The van der Waals surface area contributed by atoms with E-state index in [-0.39, 0.29) is 17.3 Å². The number of carbonyl (C=O) groups excluding carboxylic acids is 1. The van der Waals surface area contributed by atoms with E-state index in [0.29, 0.717) is 21.9 Å². The number of benzene rings is 2. The van der Waals surface area contributed by atoms with Gasteiger partial charge in [0.25, 0.3) is 0 Å². The Morgan fingerprint density at radius 2 is 1.84 bits per heavy atom. The predicted molar refractivity (Wildman–Crippen MR) is 123 cm³/mol. The van der Waals surface area contributed by atoms with Crippen molar-refractivity contribution in [2.24, 2.45) is 5.14 Å². The van der Waals surface area contributed by atoms with Crippen molar-refractivity contribution < 1.29 is 17.9 Å². The van der Waals surface area contributed by atoms with Gasteiger partial charge in [0.15, 0.2) is 6.61 Å². The SMILES string of the molecule is Cc1cc(C(=O)COc2ccc(Cl)c3cccnc23)c(C)n1-c1ccc(S(N)(=O)=O)cc1. The van der Waals surface area contributed by atoms with E-state index in [0.717, 1.165) is 22.5 Å². The van der Waals surface area contributed by atoms with Crippen molar-refractivity contribution in [2.75, 3.05) is 6.61 Å². The first-order valence-electron chi connectivity index (χ1n) is 9.68. The number of aromatic nitrogens is 2. The third kappa shape index (κ3) is 4.12. The summed E-state index contributed by atoms with van der Waals surface area (Å²) in [7, 11) is -3.78. The second-order valence-corrected chi connectivity index (χ2v) is 9.28. The molecule has 4 rings (SSSR count). The molecular formula is C23H20ClN3O4S. The number of sulfonamides is 1. The lowest BCUT2D eigenvalue weighted by molar-refractivity contribution is 0.0922. The minimum atomic E-state index is -3.78. The molecule has 2 aromatic carbocycles. The Balaban J connectivity index is 1.59. The summed E-state index contributed by atoms with van der Waals surface area (Å²) < 4.78 is 30.7. The Bertz CT molecular complexity index is 1440. The number of fused-ring (bicyclic) bond motifs is 1. The van der Waals surface area contributed by atoms with Crippen LogP contribution in [0.5, 0.6) is 5.75 Å². The van der Waals surface area contributed by atoms with E-state index >= 15 is 0 Å². The van der Waals surface area contributed by atoms with Crippen LogP contribution >= 0.6 is 11.6 Å². The molecule has 0 saturated carbocycles. The molecule has 2 N–H and O–H groups in total. The summed E-state index contributed by atoms with van der Waals surface area (Å²) in [6, 6.07) is 15.0. The van der Waals surface area contributed by atoms with Gasteiger partial charge in [-0.1, -0.05) is 11.6 Å². The molecule has 0 fully saturated rings. The number of primary sulfonamides is 1. The van der Waals surface area contributed by atoms with Crippen molar-refractivity contribution in [3.63, 3.8) is 0 Å². The molecule has 0 aliphatic heterocycles. The fourth-order valence-electron chi connectivity index (χ4n) is 3.68. The summed E-state index contributed by atoms with van der Waals surface area (Å²) in [6.07, 6.45) is 1.64. The van der Waals surface area contributed by atoms with Gasteiger partial charge in [-0.25, -0.2) is 13.6 Å². The number of halogens is 1. The quantitative estimate of drug-likeness (QED) is 0.426. The normalized spacial score (nSPS) is 11.6. The van der Waals surface area contributed by atoms with Crippen LogP contribution in [0.25, 0.3) is 16.6 Å². The number of ether oxygens (including phenoxy) is 1. The third-order valence-corrected chi connectivity index (χ3v) is 6.45. The Hall–Kier alpha value is -3.20. The summed E-state index contributed by atoms with van der Waals surface area (Å²) in [6.45, 7) is 3.53. The van der Waals surface area contributed by atoms with Crippen LogP contribution in [0.1, 0.15) is 21.7 Å². The van der Waals surface area contributed by atoms with Crippen molar-refractivity contribution in [3.05, 3.63) is 82.8 Å². The molecule has 7 nitrogen and oxygen atoms in total. The number of hydrogen-bond donors (Lipinski definition) is 1. The lowest BCUT2D eigenvalue weighted by Gasteiger charge is -2.11. The largest absolute Gasteiger partial charge is 0.483 e. The number of nitrogens with zero attached hydrogens (tertiary/aromatic N) is 2. The van der Waals surface area contributed by atoms with Crippen molar-refractivity contribution in [2.45, 2.75) is 18.7 Å². The van der Waals surface area contributed by atoms with Gasteiger partial charge >= 0.3 is 0 Å². The minimum absolute atomic E-state index is 0.0252. The smallest absolute Gasteiger partial charge is 0.238 e. The zero-order valence-corrected chi connectivity index (χ0v) is 18.9. The average Bonchev–Trinajstić information content (AvgIpc) is 3.07. The maximum absolute atomic E-state index is 12.9. The molecule has 0 unspecified atom stereocenters. The van der Waals surface area contributed by atoms with Crippen LogP contribution in [0.3, 0.4) is 0 Å². The second kappa shape index (κ2) is 8.38. The summed E-state index contributed by atoms with van der Waals surface area (Å²) in [5, 5.41) is 6.48. The summed E-state index contributed by atoms with van der Waals surface area (Å²) >= 11 is 6.22. The van der Waals surface area contributed by atoms with Crippen LogP contribution in [-0.4, -0.2) is 30.4 Å². The number of rotatable bonds is 6. The fraction of sp³-hybridized carbons (Fsp3) is 0.130. The summed E-state index contributed by atoms with van der Waals surface area (Å²) in [5.74, 6) is 0.287. The lowest BCUT2D eigenvalue weighted by Crippen LogP contribution is -2.13. The number of aryl methyl sites for hydroxylation is 1. The van der Waals surface area contributed by atoms with Gasteiger partial charge in [-0.3, -0.25) is 9.78 Å². The minimum Gasteiger partial charge on any atom is -0.483 e. The monoisotopic (exact) mass is 469 g/mol. The van der Waals surface area contributed by atoms with Gasteiger partial charge in [0.1, 0.15) is 11.3 Å². The van der Waals surface area contributed by atoms with E-state index in [2.05, 4.69) is 4.98 Å². The Morgan fingerprint density at radius 3 is 2.53 bits per heavy atom. The molecule has 0 aliphatic rings. The molecule has 0 bridgehead atoms. The first-order chi connectivity index (χ1) is 15.2. The van der Waals surface area contributed by atoms with E-state index in [1.807, 2.05) is 24.5 Å². The second-order valence-electron chi connectivity index (χ2n) is 7.32. The highest BCUT2D eigenvalue weighted by atomic mass is 35.5. The molecule has 164 valence electrons. The van der Waals surface area contributed by atoms with Gasteiger partial charge in [-0.15, -0.1) is 0 Å². The number of Topliss-reactive ketones (excluding diaryl/α,β-unsaturated/α-hetero) is 1. The highest BCUT2D eigenvalue weighted by Crippen LogP contribution is 2.30. The van der Waals surface area contributed by atoms with Crippen molar-refractivity contribution in [1.29, 1.82) is 0 Å². The molecule has 32 heavy (non-hydrogen) atoms. The Labute approximate surface area is 190 Å². The molecule has 0 amide bonds. The van der Waals surface area contributed by atoms with Gasteiger partial charge in [-0.2, -0.15) is 0 Å².